The number of hydrogen-bond donors (Lipinski definition) is 0. The maximum absolute atomic E-state index is 16.1. The number of rotatable bonds is 3. The van der Waals surface area contributed by atoms with Crippen molar-refractivity contribution in [2.45, 2.75) is 12.6 Å². The number of nitriles is 1. The van der Waals surface area contributed by atoms with Gasteiger partial charge >= 0.3 is 0 Å². The molecule has 0 N–H and O–H groups in total. The van der Waals surface area contributed by atoms with Gasteiger partial charge in [-0.05, 0) is 55.0 Å². The van der Waals surface area contributed by atoms with E-state index in [1.165, 1.54) is 11.4 Å². The zero-order valence-electron chi connectivity index (χ0n) is 16.0. The van der Waals surface area contributed by atoms with Crippen LogP contribution in [-0.2, 0) is 5.67 Å². The lowest BCUT2D eigenvalue weighted by molar-refractivity contribution is 0.232. The van der Waals surface area contributed by atoms with Crippen molar-refractivity contribution in [3.8, 4) is 17.3 Å². The summed E-state index contributed by atoms with van der Waals surface area (Å²) in [6, 6.07) is 21.7. The van der Waals surface area contributed by atoms with Crippen molar-refractivity contribution in [3.05, 3.63) is 89.9 Å². The van der Waals surface area contributed by atoms with Crippen LogP contribution in [0.15, 0.2) is 72.9 Å². The van der Waals surface area contributed by atoms with Gasteiger partial charge in [0.05, 0.1) is 22.8 Å². The van der Waals surface area contributed by atoms with E-state index in [1.54, 1.807) is 54.7 Å². The van der Waals surface area contributed by atoms with E-state index in [-0.39, 0.29) is 5.82 Å². The maximum Gasteiger partial charge on any atom is 0.196 e. The first-order valence-electron chi connectivity index (χ1n) is 9.34. The molecule has 0 saturated carbocycles. The number of aromatic nitrogens is 5. The first kappa shape index (κ1) is 17.9. The third-order valence-electron chi connectivity index (χ3n) is 5.12. The summed E-state index contributed by atoms with van der Waals surface area (Å²) in [4.78, 5) is 4.29. The highest BCUT2D eigenvalue weighted by atomic mass is 19.1. The van der Waals surface area contributed by atoms with Crippen molar-refractivity contribution in [3.63, 3.8) is 0 Å². The first-order chi connectivity index (χ1) is 14.6. The van der Waals surface area contributed by atoms with Crippen LogP contribution in [0, 0.1) is 11.3 Å². The highest BCUT2D eigenvalue weighted by Crippen LogP contribution is 2.34. The maximum atomic E-state index is 16.1. The van der Waals surface area contributed by atoms with Crippen molar-refractivity contribution in [1.29, 1.82) is 5.26 Å². The zero-order chi connectivity index (χ0) is 20.7. The van der Waals surface area contributed by atoms with Gasteiger partial charge in [0.25, 0.3) is 0 Å². The van der Waals surface area contributed by atoms with Gasteiger partial charge in [-0.25, -0.2) is 4.39 Å². The van der Waals surface area contributed by atoms with Gasteiger partial charge in [-0.15, -0.1) is 10.2 Å². The van der Waals surface area contributed by atoms with Crippen LogP contribution >= 0.6 is 0 Å². The standard InChI is InChI=1S/C23H15FN6/c1-23(24,18-7-8-19-17(13-18)6-3-11-26-19)22-28-27-21-10-9-20(29-30(21)22)16-5-2-4-15(12-16)14-25/h2-13H,1H3. The molecule has 0 aliphatic rings. The average molecular weight is 394 g/mol. The third kappa shape index (κ3) is 2.86. The molecular formula is C23H15FN6. The number of alkyl halides is 1. The molecule has 0 aliphatic heterocycles. The van der Waals surface area contributed by atoms with E-state index in [0.717, 1.165) is 16.5 Å². The summed E-state index contributed by atoms with van der Waals surface area (Å²) in [6.45, 7) is 1.45. The molecule has 0 amide bonds. The Hall–Kier alpha value is -4.18. The van der Waals surface area contributed by atoms with E-state index in [0.29, 0.717) is 22.5 Å². The molecule has 30 heavy (non-hydrogen) atoms. The fraction of sp³-hybridized carbons (Fsp3) is 0.0870. The number of hydrogen-bond acceptors (Lipinski definition) is 5. The first-order valence-corrected chi connectivity index (χ1v) is 9.34. The van der Waals surface area contributed by atoms with Gasteiger partial charge in [0.2, 0.25) is 0 Å². The lowest BCUT2D eigenvalue weighted by atomic mass is 9.95. The highest BCUT2D eigenvalue weighted by Gasteiger charge is 2.35. The van der Waals surface area contributed by atoms with Crippen LogP contribution in [0.1, 0.15) is 23.9 Å². The van der Waals surface area contributed by atoms with Crippen molar-refractivity contribution in [2.75, 3.05) is 0 Å². The van der Waals surface area contributed by atoms with Crippen LogP contribution in [0.3, 0.4) is 0 Å². The van der Waals surface area contributed by atoms with E-state index in [9.17, 15) is 0 Å². The van der Waals surface area contributed by atoms with Crippen LogP contribution in [0.2, 0.25) is 0 Å². The second-order valence-electron chi connectivity index (χ2n) is 7.12. The van der Waals surface area contributed by atoms with E-state index in [2.05, 4.69) is 26.3 Å². The predicted molar refractivity (Wildman–Crippen MR) is 110 cm³/mol. The molecule has 6 nitrogen and oxygen atoms in total. The largest absolute Gasteiger partial charge is 0.256 e. The van der Waals surface area contributed by atoms with Gasteiger partial charge in [-0.3, -0.25) is 4.98 Å². The minimum Gasteiger partial charge on any atom is -0.256 e. The second kappa shape index (κ2) is 6.71. The fourth-order valence-corrected chi connectivity index (χ4v) is 3.48. The third-order valence-corrected chi connectivity index (χ3v) is 5.12. The molecule has 3 aromatic heterocycles. The van der Waals surface area contributed by atoms with Crippen LogP contribution in [0.5, 0.6) is 0 Å². The minimum atomic E-state index is -1.93. The minimum absolute atomic E-state index is 0.0824. The molecule has 144 valence electrons. The molecule has 1 atom stereocenters. The summed E-state index contributed by atoms with van der Waals surface area (Å²) < 4.78 is 17.5. The topological polar surface area (TPSA) is 79.8 Å². The fourth-order valence-electron chi connectivity index (χ4n) is 3.48. The molecule has 0 aliphatic carbocycles. The van der Waals surface area contributed by atoms with Crippen LogP contribution in [0.4, 0.5) is 4.39 Å². The van der Waals surface area contributed by atoms with Gasteiger partial charge in [-0.1, -0.05) is 24.3 Å². The summed E-state index contributed by atoms with van der Waals surface area (Å²) in [5, 5.41) is 22.7. The Balaban J connectivity index is 1.64. The van der Waals surface area contributed by atoms with Gasteiger partial charge in [0.1, 0.15) is 0 Å². The number of fused-ring (bicyclic) bond motifs is 2. The Bertz CT molecular complexity index is 1450. The van der Waals surface area contributed by atoms with E-state index < -0.39 is 5.67 Å². The molecule has 0 spiro atoms. The molecular weight excluding hydrogens is 379 g/mol. The quantitative estimate of drug-likeness (QED) is 0.452. The molecule has 0 radical (unpaired) electrons. The summed E-state index contributed by atoms with van der Waals surface area (Å²) >= 11 is 0. The molecule has 3 heterocycles. The molecule has 0 fully saturated rings. The molecule has 1 unspecified atom stereocenters. The monoisotopic (exact) mass is 394 g/mol. The summed E-state index contributed by atoms with van der Waals surface area (Å²) in [5.41, 5.74) is 1.63. The summed E-state index contributed by atoms with van der Waals surface area (Å²) in [6.07, 6.45) is 1.70. The SMILES string of the molecule is CC(F)(c1ccc2ncccc2c1)c1nnc2ccc(-c3cccc(C#N)c3)nn12. The molecule has 7 heteroatoms. The van der Waals surface area contributed by atoms with Crippen LogP contribution < -0.4 is 0 Å². The van der Waals surface area contributed by atoms with Crippen LogP contribution in [-0.4, -0.2) is 24.8 Å². The number of pyridine rings is 1. The number of halogens is 1. The Morgan fingerprint density at radius 1 is 1.00 bits per heavy atom. The Morgan fingerprint density at radius 3 is 2.77 bits per heavy atom. The number of benzene rings is 2. The Morgan fingerprint density at radius 2 is 1.90 bits per heavy atom. The van der Waals surface area contributed by atoms with Gasteiger partial charge in [0, 0.05) is 17.1 Å². The molecule has 0 bridgehead atoms. The lowest BCUT2D eigenvalue weighted by Gasteiger charge is -2.19. The Labute approximate surface area is 171 Å². The lowest BCUT2D eigenvalue weighted by Crippen LogP contribution is -2.22. The second-order valence-corrected chi connectivity index (χ2v) is 7.12. The van der Waals surface area contributed by atoms with Crippen molar-refractivity contribution < 1.29 is 4.39 Å². The summed E-state index contributed by atoms with van der Waals surface area (Å²) in [7, 11) is 0. The van der Waals surface area contributed by atoms with Crippen molar-refractivity contribution in [2.24, 2.45) is 0 Å². The highest BCUT2D eigenvalue weighted by molar-refractivity contribution is 5.79. The van der Waals surface area contributed by atoms with Crippen LogP contribution in [0.25, 0.3) is 27.8 Å². The molecule has 0 saturated heterocycles. The van der Waals surface area contributed by atoms with Gasteiger partial charge in [0.15, 0.2) is 17.1 Å². The van der Waals surface area contributed by atoms with Gasteiger partial charge in [-0.2, -0.15) is 14.9 Å². The molecule has 5 rings (SSSR count). The van der Waals surface area contributed by atoms with Crippen molar-refractivity contribution in [1.82, 2.24) is 24.8 Å². The summed E-state index contributed by atoms with van der Waals surface area (Å²) in [5.74, 6) is 0.0824. The average Bonchev–Trinajstić information content (AvgIpc) is 3.23. The van der Waals surface area contributed by atoms with Crippen molar-refractivity contribution >= 4 is 16.6 Å². The Kier molecular flexibility index (Phi) is 4.00. The predicted octanol–water partition coefficient (Wildman–Crippen LogP) is 4.44. The smallest absolute Gasteiger partial charge is 0.196 e. The molecule has 5 aromatic rings. The zero-order valence-corrected chi connectivity index (χ0v) is 16.0. The van der Waals surface area contributed by atoms with E-state index in [1.807, 2.05) is 18.2 Å². The van der Waals surface area contributed by atoms with Gasteiger partial charge < -0.3 is 0 Å². The van der Waals surface area contributed by atoms with E-state index >= 15 is 4.39 Å². The normalized spacial score (nSPS) is 13.2. The van der Waals surface area contributed by atoms with E-state index in [4.69, 9.17) is 5.26 Å². The molecule has 2 aromatic carbocycles. The number of nitrogens with zero attached hydrogens (tertiary/aromatic N) is 6.